The van der Waals surface area contributed by atoms with Crippen LogP contribution in [0, 0.1) is 0 Å². The second-order valence-corrected chi connectivity index (χ2v) is 7.76. The Bertz CT molecular complexity index is 1190. The van der Waals surface area contributed by atoms with E-state index in [1.54, 1.807) is 18.0 Å². The second kappa shape index (κ2) is 9.63. The van der Waals surface area contributed by atoms with Gasteiger partial charge in [-0.15, -0.1) is 0 Å². The number of nitrogen functional groups attached to an aromatic ring is 1. The molecule has 2 aromatic carbocycles. The fourth-order valence-electron chi connectivity index (χ4n) is 3.29. The number of nitrogens with two attached hydrogens (primary N) is 1. The molecule has 162 valence electrons. The van der Waals surface area contributed by atoms with Gasteiger partial charge >= 0.3 is 5.69 Å². The first-order chi connectivity index (χ1) is 14.8. The average Bonchev–Trinajstić information content (AvgIpc) is 2.71. The summed E-state index contributed by atoms with van der Waals surface area (Å²) in [6.45, 7) is 0.713. The molecule has 1 aromatic heterocycles. The Hall–Kier alpha value is -3.36. The van der Waals surface area contributed by atoms with Gasteiger partial charge in [-0.25, -0.2) is 4.79 Å². The lowest BCUT2D eigenvalue weighted by atomic mass is 10.2. The number of carbonyl (C=O) groups is 1. The molecule has 0 saturated heterocycles. The van der Waals surface area contributed by atoms with E-state index in [2.05, 4.69) is 4.98 Å². The number of likely N-dealkylation sites (N-methyl/N-ethyl adjacent to an activating group) is 2. The Morgan fingerprint density at radius 1 is 1.06 bits per heavy atom. The van der Waals surface area contributed by atoms with Crippen molar-refractivity contribution >= 4 is 29.0 Å². The topological polar surface area (TPSA) is 104 Å². The lowest BCUT2D eigenvalue weighted by Crippen LogP contribution is -2.42. The molecule has 0 atom stereocenters. The lowest BCUT2D eigenvalue weighted by Gasteiger charge is -2.23. The van der Waals surface area contributed by atoms with E-state index in [1.807, 2.05) is 48.5 Å². The maximum atomic E-state index is 12.8. The molecule has 0 aliphatic rings. The Morgan fingerprint density at radius 2 is 1.74 bits per heavy atom. The molecule has 3 N–H and O–H groups in total. The molecule has 0 unspecified atom stereocenters. The minimum Gasteiger partial charge on any atom is -0.383 e. The summed E-state index contributed by atoms with van der Waals surface area (Å²) in [5.74, 6) is -0.405. The number of rotatable bonds is 7. The number of anilines is 2. The first-order valence-corrected chi connectivity index (χ1v) is 10.00. The molecular formula is C22H24ClN5O3. The van der Waals surface area contributed by atoms with Crippen LogP contribution in [0.3, 0.4) is 0 Å². The molecule has 1 amide bonds. The van der Waals surface area contributed by atoms with E-state index < -0.39 is 11.2 Å². The van der Waals surface area contributed by atoms with Gasteiger partial charge in [-0.1, -0.05) is 54.1 Å². The molecular weight excluding hydrogens is 418 g/mol. The molecule has 9 heteroatoms. The van der Waals surface area contributed by atoms with Crippen molar-refractivity contribution in [3.8, 4) is 0 Å². The van der Waals surface area contributed by atoms with Crippen LogP contribution in [0.1, 0.15) is 11.1 Å². The van der Waals surface area contributed by atoms with E-state index in [-0.39, 0.29) is 30.5 Å². The molecule has 31 heavy (non-hydrogen) atoms. The molecule has 8 nitrogen and oxygen atoms in total. The highest BCUT2D eigenvalue weighted by atomic mass is 35.5. The molecule has 0 saturated carbocycles. The zero-order chi connectivity index (χ0) is 22.5. The number of amides is 1. The van der Waals surface area contributed by atoms with Crippen LogP contribution in [0.15, 0.2) is 64.2 Å². The van der Waals surface area contributed by atoms with Crippen molar-refractivity contribution < 1.29 is 4.79 Å². The van der Waals surface area contributed by atoms with Crippen molar-refractivity contribution in [1.29, 1.82) is 0 Å². The molecule has 0 fully saturated rings. The summed E-state index contributed by atoms with van der Waals surface area (Å²) in [7, 11) is 3.25. The summed E-state index contributed by atoms with van der Waals surface area (Å²) >= 11 is 6.01. The Labute approximate surface area is 184 Å². The van der Waals surface area contributed by atoms with Gasteiger partial charge in [-0.05, 0) is 30.3 Å². The number of aromatic nitrogens is 2. The molecule has 0 radical (unpaired) electrons. The van der Waals surface area contributed by atoms with Gasteiger partial charge in [0.05, 0.1) is 13.1 Å². The summed E-state index contributed by atoms with van der Waals surface area (Å²) in [5, 5.41) is 0.620. The van der Waals surface area contributed by atoms with Crippen LogP contribution >= 0.6 is 11.6 Å². The molecule has 0 spiro atoms. The zero-order valence-corrected chi connectivity index (χ0v) is 18.1. The van der Waals surface area contributed by atoms with E-state index in [9.17, 15) is 14.4 Å². The van der Waals surface area contributed by atoms with Crippen LogP contribution in [0.4, 0.5) is 11.5 Å². The van der Waals surface area contributed by atoms with Crippen LogP contribution < -0.4 is 21.9 Å². The van der Waals surface area contributed by atoms with E-state index in [4.69, 9.17) is 17.3 Å². The predicted molar refractivity (Wildman–Crippen MR) is 122 cm³/mol. The number of H-pyrrole nitrogens is 1. The van der Waals surface area contributed by atoms with E-state index in [1.165, 1.54) is 16.5 Å². The highest BCUT2D eigenvalue weighted by Gasteiger charge is 2.22. The second-order valence-electron chi connectivity index (χ2n) is 7.32. The van der Waals surface area contributed by atoms with Gasteiger partial charge in [0.2, 0.25) is 5.91 Å². The molecule has 3 rings (SSSR count). The molecule has 0 bridgehead atoms. The normalized spacial score (nSPS) is 11.0. The van der Waals surface area contributed by atoms with Gasteiger partial charge in [0.25, 0.3) is 5.56 Å². The van der Waals surface area contributed by atoms with E-state index in [0.717, 1.165) is 11.1 Å². The largest absolute Gasteiger partial charge is 0.383 e. The van der Waals surface area contributed by atoms with Crippen LogP contribution in [0.5, 0.6) is 0 Å². The SMILES string of the molecule is CN(CC(=O)N(C)c1c(N)n(Cc2ccccc2)c(=O)[nH]c1=O)Cc1cccc(Cl)c1. The van der Waals surface area contributed by atoms with Crippen LogP contribution in [-0.4, -0.2) is 41.0 Å². The van der Waals surface area contributed by atoms with Gasteiger partial charge in [-0.2, -0.15) is 0 Å². The van der Waals surface area contributed by atoms with Crippen LogP contribution in [0.2, 0.25) is 5.02 Å². The Balaban J connectivity index is 1.80. The lowest BCUT2D eigenvalue weighted by molar-refractivity contribution is -0.119. The molecule has 3 aromatic rings. The maximum Gasteiger partial charge on any atom is 0.330 e. The Morgan fingerprint density at radius 3 is 2.42 bits per heavy atom. The van der Waals surface area contributed by atoms with Crippen molar-refractivity contribution in [3.63, 3.8) is 0 Å². The number of carbonyl (C=O) groups excluding carboxylic acids is 1. The number of benzene rings is 2. The first-order valence-electron chi connectivity index (χ1n) is 9.62. The summed E-state index contributed by atoms with van der Waals surface area (Å²) < 4.78 is 1.24. The van der Waals surface area contributed by atoms with Gasteiger partial charge in [0.1, 0.15) is 5.82 Å². The first kappa shape index (κ1) is 22.3. The zero-order valence-electron chi connectivity index (χ0n) is 17.3. The minimum absolute atomic E-state index is 0.0414. The highest BCUT2D eigenvalue weighted by molar-refractivity contribution is 6.30. The number of nitrogens with one attached hydrogen (secondary N) is 1. The monoisotopic (exact) mass is 441 g/mol. The van der Waals surface area contributed by atoms with Crippen molar-refractivity contribution in [1.82, 2.24) is 14.5 Å². The fraction of sp³-hybridized carbons (Fsp3) is 0.227. The van der Waals surface area contributed by atoms with Crippen molar-refractivity contribution in [2.24, 2.45) is 0 Å². The van der Waals surface area contributed by atoms with Gasteiger partial charge in [0.15, 0.2) is 5.69 Å². The minimum atomic E-state index is -0.708. The third-order valence-electron chi connectivity index (χ3n) is 4.85. The summed E-state index contributed by atoms with van der Waals surface area (Å²) in [6, 6.07) is 16.6. The number of hydrogen-bond acceptors (Lipinski definition) is 5. The quantitative estimate of drug-likeness (QED) is 0.582. The number of aromatic amines is 1. The summed E-state index contributed by atoms with van der Waals surface area (Å²) in [6.07, 6.45) is 0. The van der Waals surface area contributed by atoms with Crippen molar-refractivity contribution in [2.75, 3.05) is 31.3 Å². The number of halogens is 1. The van der Waals surface area contributed by atoms with E-state index >= 15 is 0 Å². The molecule has 0 aliphatic heterocycles. The van der Waals surface area contributed by atoms with Gasteiger partial charge in [-0.3, -0.25) is 24.0 Å². The molecule has 1 heterocycles. The van der Waals surface area contributed by atoms with Crippen molar-refractivity contribution in [2.45, 2.75) is 13.1 Å². The molecule has 0 aliphatic carbocycles. The van der Waals surface area contributed by atoms with E-state index in [0.29, 0.717) is 11.6 Å². The number of nitrogens with zero attached hydrogens (tertiary/aromatic N) is 3. The highest BCUT2D eigenvalue weighted by Crippen LogP contribution is 2.17. The third-order valence-corrected chi connectivity index (χ3v) is 5.09. The summed E-state index contributed by atoms with van der Waals surface area (Å²) in [4.78, 5) is 42.8. The number of hydrogen-bond donors (Lipinski definition) is 2. The van der Waals surface area contributed by atoms with Crippen LogP contribution in [0.25, 0.3) is 0 Å². The van der Waals surface area contributed by atoms with Crippen molar-refractivity contribution in [3.05, 3.63) is 91.6 Å². The van der Waals surface area contributed by atoms with Gasteiger partial charge in [0, 0.05) is 18.6 Å². The maximum absolute atomic E-state index is 12.8. The smallest absolute Gasteiger partial charge is 0.330 e. The summed E-state index contributed by atoms with van der Waals surface area (Å²) in [5.41, 5.74) is 6.56. The Kier molecular flexibility index (Phi) is 6.94. The third kappa shape index (κ3) is 5.42. The fourth-order valence-corrected chi connectivity index (χ4v) is 3.50. The standard InChI is InChI=1S/C22H24ClN5O3/c1-26(12-16-9-6-10-17(23)11-16)14-18(29)27(2)19-20(24)28(22(31)25-21(19)30)13-15-7-4-3-5-8-15/h3-11H,12-14,24H2,1-2H3,(H,25,30,31). The predicted octanol–water partition coefficient (Wildman–Crippen LogP) is 1.92. The average molecular weight is 442 g/mol. The van der Waals surface area contributed by atoms with Gasteiger partial charge < -0.3 is 10.6 Å². The van der Waals surface area contributed by atoms with Crippen LogP contribution in [-0.2, 0) is 17.9 Å².